The zero-order valence-electron chi connectivity index (χ0n) is 12.3. The van der Waals surface area contributed by atoms with Crippen LogP contribution in [0.15, 0.2) is 35.6 Å². The van der Waals surface area contributed by atoms with Crippen molar-refractivity contribution in [3.8, 4) is 11.3 Å². The van der Waals surface area contributed by atoms with E-state index >= 15 is 0 Å². The molecule has 0 fully saturated rings. The fraction of sp³-hybridized carbons (Fsp3) is 0.214. The van der Waals surface area contributed by atoms with Gasteiger partial charge in [-0.05, 0) is 31.2 Å². The highest BCUT2D eigenvalue weighted by Gasteiger charge is 2.04. The van der Waals surface area contributed by atoms with Crippen LogP contribution in [0.2, 0.25) is 0 Å². The van der Waals surface area contributed by atoms with Crippen molar-refractivity contribution in [1.82, 2.24) is 30.4 Å². The quantitative estimate of drug-likeness (QED) is 0.529. The Morgan fingerprint density at radius 2 is 2.04 bits per heavy atom. The summed E-state index contributed by atoms with van der Waals surface area (Å²) in [5.41, 5.74) is 1.43. The van der Waals surface area contributed by atoms with Crippen LogP contribution in [0.4, 0.5) is 10.3 Å². The Labute approximate surface area is 136 Å². The van der Waals surface area contributed by atoms with Crippen LogP contribution in [0, 0.1) is 12.7 Å². The molecule has 0 spiro atoms. The van der Waals surface area contributed by atoms with E-state index in [0.29, 0.717) is 23.3 Å². The number of nitrogens with one attached hydrogen (secondary N) is 2. The maximum atomic E-state index is 13.0. The Balaban J connectivity index is 1.56. The number of aryl methyl sites for hydroxylation is 1. The fourth-order valence-electron chi connectivity index (χ4n) is 1.83. The van der Waals surface area contributed by atoms with Crippen molar-refractivity contribution in [2.45, 2.75) is 12.1 Å². The number of benzene rings is 1. The molecular formula is C14H14FN7S. The van der Waals surface area contributed by atoms with Gasteiger partial charge >= 0.3 is 0 Å². The molecular weight excluding hydrogens is 317 g/mol. The number of nitrogens with zero attached hydrogens (tertiary/aromatic N) is 5. The molecule has 118 valence electrons. The van der Waals surface area contributed by atoms with Gasteiger partial charge in [0.25, 0.3) is 0 Å². The second-order valence-corrected chi connectivity index (χ2v) is 5.71. The van der Waals surface area contributed by atoms with Gasteiger partial charge in [0.15, 0.2) is 0 Å². The van der Waals surface area contributed by atoms with Crippen LogP contribution in [-0.4, -0.2) is 42.7 Å². The van der Waals surface area contributed by atoms with Gasteiger partial charge in [0, 0.05) is 17.9 Å². The van der Waals surface area contributed by atoms with Gasteiger partial charge in [0.1, 0.15) is 11.6 Å². The summed E-state index contributed by atoms with van der Waals surface area (Å²) in [5.74, 6) is 1.70. The monoisotopic (exact) mass is 331 g/mol. The Morgan fingerprint density at radius 1 is 1.22 bits per heavy atom. The van der Waals surface area contributed by atoms with E-state index in [-0.39, 0.29) is 5.82 Å². The summed E-state index contributed by atoms with van der Waals surface area (Å²) >= 11 is 1.53. The first kappa shape index (κ1) is 15.3. The molecule has 0 unspecified atom stereocenters. The smallest absolute Gasteiger partial charge is 0.243 e. The van der Waals surface area contributed by atoms with Crippen molar-refractivity contribution >= 4 is 17.7 Å². The lowest BCUT2D eigenvalue weighted by Crippen LogP contribution is -2.08. The molecule has 3 rings (SSSR count). The highest BCUT2D eigenvalue weighted by Crippen LogP contribution is 2.17. The van der Waals surface area contributed by atoms with Crippen LogP contribution >= 0.6 is 11.8 Å². The third kappa shape index (κ3) is 4.22. The summed E-state index contributed by atoms with van der Waals surface area (Å²) in [6.45, 7) is 2.50. The molecule has 0 amide bonds. The summed E-state index contributed by atoms with van der Waals surface area (Å²) in [4.78, 5) is 8.58. The van der Waals surface area contributed by atoms with Crippen LogP contribution < -0.4 is 5.32 Å². The molecule has 2 N–H and O–H groups in total. The fourth-order valence-corrected chi connectivity index (χ4v) is 2.53. The van der Waals surface area contributed by atoms with Crippen molar-refractivity contribution in [3.63, 3.8) is 0 Å². The first-order valence-electron chi connectivity index (χ1n) is 6.92. The van der Waals surface area contributed by atoms with Gasteiger partial charge in [0.2, 0.25) is 11.1 Å². The topological polar surface area (TPSA) is 92.3 Å². The van der Waals surface area contributed by atoms with Crippen LogP contribution in [-0.2, 0) is 0 Å². The molecule has 3 aromatic rings. The largest absolute Gasteiger partial charge is 0.352 e. The zero-order valence-corrected chi connectivity index (χ0v) is 13.1. The van der Waals surface area contributed by atoms with Crippen molar-refractivity contribution in [3.05, 3.63) is 42.1 Å². The summed E-state index contributed by atoms with van der Waals surface area (Å²) in [6, 6.07) is 6.09. The van der Waals surface area contributed by atoms with Gasteiger partial charge in [-0.3, -0.25) is 5.10 Å². The number of aromatic amines is 1. The average Bonchev–Trinajstić information content (AvgIpc) is 2.98. The number of aromatic nitrogens is 6. The van der Waals surface area contributed by atoms with Gasteiger partial charge < -0.3 is 5.32 Å². The molecule has 0 radical (unpaired) electrons. The van der Waals surface area contributed by atoms with E-state index in [0.717, 1.165) is 17.1 Å². The zero-order chi connectivity index (χ0) is 16.1. The molecule has 0 saturated heterocycles. The predicted molar refractivity (Wildman–Crippen MR) is 85.6 cm³/mol. The van der Waals surface area contributed by atoms with Crippen molar-refractivity contribution in [2.24, 2.45) is 0 Å². The third-order valence-corrected chi connectivity index (χ3v) is 3.74. The van der Waals surface area contributed by atoms with E-state index in [1.54, 1.807) is 18.3 Å². The molecule has 0 aliphatic carbocycles. The minimum atomic E-state index is -0.284. The highest BCUT2D eigenvalue weighted by atomic mass is 32.2. The lowest BCUT2D eigenvalue weighted by Gasteiger charge is -2.05. The van der Waals surface area contributed by atoms with Crippen molar-refractivity contribution in [1.29, 1.82) is 0 Å². The van der Waals surface area contributed by atoms with E-state index < -0.39 is 0 Å². The van der Waals surface area contributed by atoms with Crippen LogP contribution in [0.3, 0.4) is 0 Å². The lowest BCUT2D eigenvalue weighted by molar-refractivity contribution is 0.628. The normalized spacial score (nSPS) is 10.7. The molecule has 23 heavy (non-hydrogen) atoms. The Kier molecular flexibility index (Phi) is 4.77. The molecule has 0 aliphatic rings. The minimum absolute atomic E-state index is 0.284. The van der Waals surface area contributed by atoms with E-state index in [1.165, 1.54) is 23.9 Å². The number of halogens is 1. The molecule has 9 heteroatoms. The standard InChI is InChI=1S/C14H14FN7S/c1-9-18-14(22-20-9)23-7-6-16-13-19-12(8-17-21-13)10-2-4-11(15)5-3-10/h2-5,8H,6-7H2,1H3,(H,16,19,21)(H,18,20,22). The van der Waals surface area contributed by atoms with Crippen LogP contribution in [0.25, 0.3) is 11.3 Å². The third-order valence-electron chi connectivity index (χ3n) is 2.89. The van der Waals surface area contributed by atoms with E-state index in [1.807, 2.05) is 6.92 Å². The maximum Gasteiger partial charge on any atom is 0.243 e. The molecule has 2 aromatic heterocycles. The number of H-pyrrole nitrogens is 1. The summed E-state index contributed by atoms with van der Waals surface area (Å²) in [6.07, 6.45) is 1.55. The SMILES string of the molecule is Cc1nc(SCCNc2nncc(-c3ccc(F)cc3)n2)n[nH]1. The Bertz CT molecular complexity index is 775. The minimum Gasteiger partial charge on any atom is -0.352 e. The number of thioether (sulfide) groups is 1. The molecule has 0 atom stereocenters. The number of hydrogen-bond donors (Lipinski definition) is 2. The lowest BCUT2D eigenvalue weighted by atomic mass is 10.2. The average molecular weight is 331 g/mol. The summed E-state index contributed by atoms with van der Waals surface area (Å²) in [5, 5.41) is 18.5. The Hall–Kier alpha value is -2.55. The van der Waals surface area contributed by atoms with E-state index in [9.17, 15) is 4.39 Å². The van der Waals surface area contributed by atoms with Crippen molar-refractivity contribution < 1.29 is 4.39 Å². The van der Waals surface area contributed by atoms with Gasteiger partial charge in [-0.15, -0.1) is 10.2 Å². The highest BCUT2D eigenvalue weighted by molar-refractivity contribution is 7.99. The Morgan fingerprint density at radius 3 is 2.78 bits per heavy atom. The van der Waals surface area contributed by atoms with Gasteiger partial charge in [-0.25, -0.2) is 14.4 Å². The number of hydrogen-bond acceptors (Lipinski definition) is 7. The molecule has 2 heterocycles. The maximum absolute atomic E-state index is 13.0. The van der Waals surface area contributed by atoms with E-state index in [2.05, 4.69) is 35.7 Å². The van der Waals surface area contributed by atoms with Gasteiger partial charge in [0.05, 0.1) is 11.9 Å². The first-order chi connectivity index (χ1) is 11.2. The number of anilines is 1. The van der Waals surface area contributed by atoms with Crippen molar-refractivity contribution in [2.75, 3.05) is 17.6 Å². The molecule has 7 nitrogen and oxygen atoms in total. The van der Waals surface area contributed by atoms with Gasteiger partial charge in [-0.2, -0.15) is 5.10 Å². The second-order valence-electron chi connectivity index (χ2n) is 4.65. The number of rotatable bonds is 6. The summed E-state index contributed by atoms with van der Waals surface area (Å²) in [7, 11) is 0. The molecule has 0 bridgehead atoms. The summed E-state index contributed by atoms with van der Waals surface area (Å²) < 4.78 is 13.0. The molecule has 0 saturated carbocycles. The first-order valence-corrected chi connectivity index (χ1v) is 7.90. The molecule has 0 aliphatic heterocycles. The van der Waals surface area contributed by atoms with E-state index in [4.69, 9.17) is 0 Å². The van der Waals surface area contributed by atoms with Crippen LogP contribution in [0.5, 0.6) is 0 Å². The van der Waals surface area contributed by atoms with Gasteiger partial charge in [-0.1, -0.05) is 11.8 Å². The second kappa shape index (κ2) is 7.14. The molecule has 1 aromatic carbocycles. The predicted octanol–water partition coefficient (Wildman–Crippen LogP) is 2.31. The van der Waals surface area contributed by atoms with Crippen LogP contribution in [0.1, 0.15) is 5.82 Å².